The maximum atomic E-state index is 11.4. The van der Waals surface area contributed by atoms with E-state index in [1.807, 2.05) is 31.2 Å². The van der Waals surface area contributed by atoms with Crippen molar-refractivity contribution in [3.63, 3.8) is 0 Å². The normalized spacial score (nSPS) is 12.2. The van der Waals surface area contributed by atoms with Gasteiger partial charge in [-0.1, -0.05) is 31.2 Å². The molecule has 2 N–H and O–H groups in total. The van der Waals surface area contributed by atoms with Crippen molar-refractivity contribution in [2.24, 2.45) is 0 Å². The summed E-state index contributed by atoms with van der Waals surface area (Å²) in [7, 11) is -0.855. The largest absolute Gasteiger partial charge is 0.477 e. The SMILES string of the molecule is CCS(=O)CCNc1nc(C(=O)O)cc2ccccc12. The number of nitrogens with one attached hydrogen (secondary N) is 1. The second kappa shape index (κ2) is 6.47. The number of anilines is 1. The van der Waals surface area contributed by atoms with Crippen LogP contribution in [0.25, 0.3) is 10.8 Å². The van der Waals surface area contributed by atoms with Crippen molar-refractivity contribution < 1.29 is 14.1 Å². The number of carboxylic acids is 1. The van der Waals surface area contributed by atoms with Gasteiger partial charge in [0.15, 0.2) is 5.69 Å². The number of rotatable bonds is 6. The van der Waals surface area contributed by atoms with Crippen molar-refractivity contribution in [2.75, 3.05) is 23.4 Å². The van der Waals surface area contributed by atoms with Crippen molar-refractivity contribution in [3.8, 4) is 0 Å². The van der Waals surface area contributed by atoms with Crippen LogP contribution in [0.1, 0.15) is 17.4 Å². The van der Waals surface area contributed by atoms with Gasteiger partial charge in [0, 0.05) is 34.2 Å². The average molecular weight is 292 g/mol. The molecule has 2 aromatic rings. The number of pyridine rings is 1. The Morgan fingerprint density at radius 2 is 2.15 bits per heavy atom. The molecule has 0 aliphatic heterocycles. The molecule has 1 heterocycles. The zero-order chi connectivity index (χ0) is 14.5. The van der Waals surface area contributed by atoms with E-state index in [1.54, 1.807) is 6.07 Å². The molecule has 1 unspecified atom stereocenters. The summed E-state index contributed by atoms with van der Waals surface area (Å²) in [6.07, 6.45) is 0. The van der Waals surface area contributed by atoms with Crippen LogP contribution in [0.15, 0.2) is 30.3 Å². The lowest BCUT2D eigenvalue weighted by Gasteiger charge is -2.09. The fraction of sp³-hybridized carbons (Fsp3) is 0.286. The van der Waals surface area contributed by atoms with Crippen molar-refractivity contribution in [1.82, 2.24) is 4.98 Å². The molecule has 5 nitrogen and oxygen atoms in total. The van der Waals surface area contributed by atoms with Gasteiger partial charge >= 0.3 is 5.97 Å². The molecule has 1 aromatic heterocycles. The molecule has 2 rings (SSSR count). The number of hydrogen-bond donors (Lipinski definition) is 2. The molecule has 1 atom stereocenters. The number of nitrogens with zero attached hydrogens (tertiary/aromatic N) is 1. The van der Waals surface area contributed by atoms with E-state index in [0.29, 0.717) is 23.9 Å². The molecule has 0 fully saturated rings. The van der Waals surface area contributed by atoms with Gasteiger partial charge in [-0.05, 0) is 11.5 Å². The molecule has 0 spiro atoms. The van der Waals surface area contributed by atoms with Crippen LogP contribution in [0, 0.1) is 0 Å². The quantitative estimate of drug-likeness (QED) is 0.852. The van der Waals surface area contributed by atoms with Crippen LogP contribution >= 0.6 is 0 Å². The topological polar surface area (TPSA) is 79.3 Å². The first-order valence-corrected chi connectivity index (χ1v) is 7.82. The highest BCUT2D eigenvalue weighted by Crippen LogP contribution is 2.22. The Kier molecular flexibility index (Phi) is 4.68. The van der Waals surface area contributed by atoms with Crippen LogP contribution in [0.4, 0.5) is 5.82 Å². The van der Waals surface area contributed by atoms with Crippen molar-refractivity contribution in [3.05, 3.63) is 36.0 Å². The van der Waals surface area contributed by atoms with Crippen LogP contribution in [-0.2, 0) is 10.8 Å². The highest BCUT2D eigenvalue weighted by atomic mass is 32.2. The molecule has 6 heteroatoms. The predicted molar refractivity (Wildman–Crippen MR) is 80.7 cm³/mol. The van der Waals surface area contributed by atoms with Crippen molar-refractivity contribution in [1.29, 1.82) is 0 Å². The first-order chi connectivity index (χ1) is 9.61. The zero-order valence-corrected chi connectivity index (χ0v) is 11.9. The Labute approximate surface area is 119 Å². The summed E-state index contributed by atoms with van der Waals surface area (Å²) in [5, 5.41) is 13.8. The number of aromatic nitrogens is 1. The molecule has 0 saturated carbocycles. The minimum absolute atomic E-state index is 0.00261. The molecular weight excluding hydrogens is 276 g/mol. The van der Waals surface area contributed by atoms with E-state index in [0.717, 1.165) is 10.8 Å². The van der Waals surface area contributed by atoms with Crippen LogP contribution in [0.5, 0.6) is 0 Å². The molecule has 0 aliphatic carbocycles. The summed E-state index contributed by atoms with van der Waals surface area (Å²) < 4.78 is 11.4. The maximum absolute atomic E-state index is 11.4. The lowest BCUT2D eigenvalue weighted by molar-refractivity contribution is 0.0691. The summed E-state index contributed by atoms with van der Waals surface area (Å²) in [6, 6.07) is 9.00. The maximum Gasteiger partial charge on any atom is 0.354 e. The highest BCUT2D eigenvalue weighted by molar-refractivity contribution is 7.84. The Balaban J connectivity index is 2.30. The van der Waals surface area contributed by atoms with Gasteiger partial charge in [0.25, 0.3) is 0 Å². The molecule has 0 radical (unpaired) electrons. The standard InChI is InChI=1S/C14H16N2O3S/c1-2-20(19)8-7-15-13-11-6-4-3-5-10(11)9-12(16-13)14(17)18/h3-6,9H,2,7-8H2,1H3,(H,15,16)(H,17,18). The van der Waals surface area contributed by atoms with E-state index >= 15 is 0 Å². The fourth-order valence-corrected chi connectivity index (χ4v) is 2.49. The van der Waals surface area contributed by atoms with E-state index in [1.165, 1.54) is 0 Å². The molecular formula is C14H16N2O3S. The molecule has 20 heavy (non-hydrogen) atoms. The van der Waals surface area contributed by atoms with Gasteiger partial charge in [-0.25, -0.2) is 9.78 Å². The third-order valence-corrected chi connectivity index (χ3v) is 4.21. The van der Waals surface area contributed by atoms with Gasteiger partial charge in [-0.2, -0.15) is 0 Å². The fourth-order valence-electron chi connectivity index (χ4n) is 1.87. The smallest absolute Gasteiger partial charge is 0.354 e. The number of hydrogen-bond acceptors (Lipinski definition) is 4. The molecule has 106 valence electrons. The highest BCUT2D eigenvalue weighted by Gasteiger charge is 2.10. The summed E-state index contributed by atoms with van der Waals surface area (Å²) in [6.45, 7) is 2.37. The minimum atomic E-state index is -1.06. The molecule has 1 aromatic carbocycles. The summed E-state index contributed by atoms with van der Waals surface area (Å²) in [4.78, 5) is 15.2. The lowest BCUT2D eigenvalue weighted by Crippen LogP contribution is -2.14. The van der Waals surface area contributed by atoms with Gasteiger partial charge in [0.1, 0.15) is 5.82 Å². The van der Waals surface area contributed by atoms with E-state index in [-0.39, 0.29) is 5.69 Å². The third-order valence-electron chi connectivity index (χ3n) is 2.90. The first-order valence-electron chi connectivity index (χ1n) is 6.33. The molecule has 0 saturated heterocycles. The van der Waals surface area contributed by atoms with E-state index < -0.39 is 16.8 Å². The molecule has 0 aliphatic rings. The molecule has 0 bridgehead atoms. The van der Waals surface area contributed by atoms with Gasteiger partial charge in [-0.15, -0.1) is 0 Å². The van der Waals surface area contributed by atoms with Crippen molar-refractivity contribution >= 4 is 33.4 Å². The summed E-state index contributed by atoms with van der Waals surface area (Å²) in [5.41, 5.74) is 0.00261. The number of aromatic carboxylic acids is 1. The van der Waals surface area contributed by atoms with Crippen LogP contribution in [0.3, 0.4) is 0 Å². The van der Waals surface area contributed by atoms with Crippen LogP contribution < -0.4 is 5.32 Å². The van der Waals surface area contributed by atoms with E-state index in [4.69, 9.17) is 5.11 Å². The van der Waals surface area contributed by atoms with Gasteiger partial charge < -0.3 is 10.4 Å². The van der Waals surface area contributed by atoms with Gasteiger partial charge in [0.2, 0.25) is 0 Å². The van der Waals surface area contributed by atoms with E-state index in [9.17, 15) is 9.00 Å². The summed E-state index contributed by atoms with van der Waals surface area (Å²) in [5.74, 6) is 0.596. The van der Waals surface area contributed by atoms with Gasteiger partial charge in [0.05, 0.1) is 0 Å². The average Bonchev–Trinajstić information content (AvgIpc) is 2.46. The van der Waals surface area contributed by atoms with Crippen LogP contribution in [0.2, 0.25) is 0 Å². The number of fused-ring (bicyclic) bond motifs is 1. The Morgan fingerprint density at radius 1 is 1.40 bits per heavy atom. The minimum Gasteiger partial charge on any atom is -0.477 e. The Bertz CT molecular complexity index is 658. The zero-order valence-electron chi connectivity index (χ0n) is 11.1. The Morgan fingerprint density at radius 3 is 2.85 bits per heavy atom. The first kappa shape index (κ1) is 14.5. The second-order valence-electron chi connectivity index (χ2n) is 4.24. The number of carboxylic acid groups (broad SMARTS) is 1. The van der Waals surface area contributed by atoms with Gasteiger partial charge in [-0.3, -0.25) is 4.21 Å². The molecule has 0 amide bonds. The Hall–Kier alpha value is -1.95. The predicted octanol–water partition coefficient (Wildman–Crippen LogP) is 2.11. The van der Waals surface area contributed by atoms with E-state index in [2.05, 4.69) is 10.3 Å². The number of carbonyl (C=O) groups is 1. The number of benzene rings is 1. The lowest BCUT2D eigenvalue weighted by atomic mass is 10.1. The third kappa shape index (κ3) is 3.33. The van der Waals surface area contributed by atoms with Crippen LogP contribution in [-0.4, -0.2) is 38.3 Å². The van der Waals surface area contributed by atoms with Crippen molar-refractivity contribution in [2.45, 2.75) is 6.92 Å². The second-order valence-corrected chi connectivity index (χ2v) is 6.11. The summed E-state index contributed by atoms with van der Waals surface area (Å²) >= 11 is 0. The monoisotopic (exact) mass is 292 g/mol.